The number of carbonyl (C=O) groups is 1. The Balaban J connectivity index is 2.05. The predicted octanol–water partition coefficient (Wildman–Crippen LogP) is 1.30. The zero-order chi connectivity index (χ0) is 13.5. The van der Waals surface area contributed by atoms with E-state index in [0.29, 0.717) is 0 Å². The number of nitrogens with two attached hydrogens (primary N) is 1. The molecule has 1 heterocycles. The van der Waals surface area contributed by atoms with E-state index in [1.54, 1.807) is 30.4 Å². The van der Waals surface area contributed by atoms with Crippen LogP contribution in [0.15, 0.2) is 47.9 Å². The highest BCUT2D eigenvalue weighted by molar-refractivity contribution is 7.98. The Morgan fingerprint density at radius 2 is 2.05 bits per heavy atom. The fourth-order valence-electron chi connectivity index (χ4n) is 1.61. The van der Waals surface area contributed by atoms with Crippen molar-refractivity contribution in [3.8, 4) is 0 Å². The van der Waals surface area contributed by atoms with Crippen LogP contribution in [-0.2, 0) is 17.0 Å². The monoisotopic (exact) mass is 274 g/mol. The zero-order valence-electron chi connectivity index (χ0n) is 10.2. The Kier molecular flexibility index (Phi) is 4.88. The molecular weight excluding hydrogens is 260 g/mol. The van der Waals surface area contributed by atoms with Gasteiger partial charge in [-0.3, -0.25) is 15.2 Å². The molecule has 3 N–H and O–H groups in total. The molecule has 19 heavy (non-hydrogen) atoms. The van der Waals surface area contributed by atoms with Crippen molar-refractivity contribution in [2.45, 2.75) is 17.2 Å². The number of rotatable bonds is 5. The molecule has 0 bridgehead atoms. The van der Waals surface area contributed by atoms with Gasteiger partial charge in [-0.1, -0.05) is 24.3 Å². The lowest BCUT2D eigenvalue weighted by Crippen LogP contribution is -2.31. The highest BCUT2D eigenvalue weighted by Gasteiger charge is 2.07. The number of thioether (sulfide) groups is 1. The van der Waals surface area contributed by atoms with Crippen LogP contribution in [0.2, 0.25) is 0 Å². The number of hydrogen-bond acceptors (Lipinski definition) is 5. The first-order valence-electron chi connectivity index (χ1n) is 5.74. The quantitative estimate of drug-likeness (QED) is 0.372. The van der Waals surface area contributed by atoms with Crippen LogP contribution < -0.4 is 11.3 Å². The average Bonchev–Trinajstić information content (AvgIpc) is 2.47. The second-order valence-electron chi connectivity index (χ2n) is 3.85. The van der Waals surface area contributed by atoms with Gasteiger partial charge < -0.3 is 0 Å². The van der Waals surface area contributed by atoms with Gasteiger partial charge in [0.15, 0.2) is 0 Å². The molecule has 0 unspecified atom stereocenters. The van der Waals surface area contributed by atoms with E-state index in [2.05, 4.69) is 15.4 Å². The van der Waals surface area contributed by atoms with Crippen molar-refractivity contribution in [3.05, 3.63) is 54.0 Å². The lowest BCUT2D eigenvalue weighted by Gasteiger charge is -2.08. The van der Waals surface area contributed by atoms with E-state index >= 15 is 0 Å². The van der Waals surface area contributed by atoms with Crippen molar-refractivity contribution >= 4 is 17.7 Å². The summed E-state index contributed by atoms with van der Waals surface area (Å²) in [5.41, 5.74) is 4.22. The number of amides is 1. The van der Waals surface area contributed by atoms with Crippen molar-refractivity contribution in [2.24, 2.45) is 5.84 Å². The van der Waals surface area contributed by atoms with Crippen LogP contribution in [0, 0.1) is 0 Å². The fraction of sp³-hybridized carbons (Fsp3) is 0.154. The van der Waals surface area contributed by atoms with Gasteiger partial charge in [0, 0.05) is 18.1 Å². The summed E-state index contributed by atoms with van der Waals surface area (Å²) in [5.74, 6) is 5.66. The SMILES string of the molecule is NNC(=O)Cc1ccccc1CSc1cnccn1. The first kappa shape index (κ1) is 13.5. The Hall–Kier alpha value is -1.92. The van der Waals surface area contributed by atoms with Crippen molar-refractivity contribution in [2.75, 3.05) is 0 Å². The van der Waals surface area contributed by atoms with E-state index in [-0.39, 0.29) is 12.3 Å². The number of hydrazine groups is 1. The van der Waals surface area contributed by atoms with Crippen molar-refractivity contribution < 1.29 is 4.79 Å². The number of aromatic nitrogens is 2. The van der Waals surface area contributed by atoms with Crippen LogP contribution in [0.3, 0.4) is 0 Å². The van der Waals surface area contributed by atoms with Gasteiger partial charge >= 0.3 is 0 Å². The van der Waals surface area contributed by atoms with Gasteiger partial charge in [0.1, 0.15) is 5.03 Å². The summed E-state index contributed by atoms with van der Waals surface area (Å²) in [6.45, 7) is 0. The van der Waals surface area contributed by atoms with Gasteiger partial charge in [-0.25, -0.2) is 10.8 Å². The van der Waals surface area contributed by atoms with Crippen LogP contribution in [0.1, 0.15) is 11.1 Å². The molecule has 6 heteroatoms. The molecular formula is C13H14N4OS. The molecule has 0 saturated carbocycles. The maximum Gasteiger partial charge on any atom is 0.238 e. The minimum Gasteiger partial charge on any atom is -0.294 e. The van der Waals surface area contributed by atoms with Gasteiger partial charge in [-0.15, -0.1) is 11.8 Å². The molecule has 1 amide bonds. The Morgan fingerprint density at radius 3 is 2.74 bits per heavy atom. The molecule has 0 saturated heterocycles. The summed E-state index contributed by atoms with van der Waals surface area (Å²) >= 11 is 1.59. The smallest absolute Gasteiger partial charge is 0.238 e. The Morgan fingerprint density at radius 1 is 1.26 bits per heavy atom. The van der Waals surface area contributed by atoms with Crippen molar-refractivity contribution in [1.82, 2.24) is 15.4 Å². The van der Waals surface area contributed by atoms with E-state index in [1.807, 2.05) is 24.3 Å². The third-order valence-electron chi connectivity index (χ3n) is 2.55. The van der Waals surface area contributed by atoms with E-state index in [9.17, 15) is 4.79 Å². The molecule has 0 aliphatic rings. The Labute approximate surface area is 115 Å². The molecule has 2 aromatic rings. The van der Waals surface area contributed by atoms with Gasteiger partial charge in [0.05, 0.1) is 12.6 Å². The van der Waals surface area contributed by atoms with Crippen LogP contribution in [-0.4, -0.2) is 15.9 Å². The second-order valence-corrected chi connectivity index (χ2v) is 4.84. The average molecular weight is 274 g/mol. The number of nitrogens with one attached hydrogen (secondary N) is 1. The van der Waals surface area contributed by atoms with Crippen molar-refractivity contribution in [1.29, 1.82) is 0 Å². The summed E-state index contributed by atoms with van der Waals surface area (Å²) in [4.78, 5) is 19.6. The summed E-state index contributed by atoms with van der Waals surface area (Å²) in [5, 5.41) is 0.862. The van der Waals surface area contributed by atoms with Gasteiger partial charge in [0.25, 0.3) is 0 Å². The molecule has 0 aliphatic heterocycles. The number of hydrogen-bond donors (Lipinski definition) is 2. The minimum atomic E-state index is -0.197. The molecule has 0 aliphatic carbocycles. The summed E-state index contributed by atoms with van der Waals surface area (Å²) in [6, 6.07) is 7.80. The van der Waals surface area contributed by atoms with Crippen molar-refractivity contribution in [3.63, 3.8) is 0 Å². The molecule has 5 nitrogen and oxygen atoms in total. The van der Waals surface area contributed by atoms with E-state index in [0.717, 1.165) is 21.9 Å². The molecule has 1 aromatic heterocycles. The lowest BCUT2D eigenvalue weighted by molar-refractivity contribution is -0.120. The summed E-state index contributed by atoms with van der Waals surface area (Å²) in [6.07, 6.45) is 5.31. The van der Waals surface area contributed by atoms with Crippen LogP contribution in [0.5, 0.6) is 0 Å². The molecule has 98 valence electrons. The predicted molar refractivity (Wildman–Crippen MR) is 74.1 cm³/mol. The zero-order valence-corrected chi connectivity index (χ0v) is 11.1. The van der Waals surface area contributed by atoms with Crippen LogP contribution >= 0.6 is 11.8 Å². The third-order valence-corrected chi connectivity index (χ3v) is 3.51. The molecule has 0 fully saturated rings. The maximum atomic E-state index is 11.3. The normalized spacial score (nSPS) is 10.2. The number of carbonyl (C=O) groups excluding carboxylic acids is 1. The largest absolute Gasteiger partial charge is 0.294 e. The van der Waals surface area contributed by atoms with Crippen LogP contribution in [0.25, 0.3) is 0 Å². The molecule has 0 radical (unpaired) electrons. The van der Waals surface area contributed by atoms with Gasteiger partial charge in [-0.2, -0.15) is 0 Å². The number of benzene rings is 1. The summed E-state index contributed by atoms with van der Waals surface area (Å²) < 4.78 is 0. The van der Waals surface area contributed by atoms with E-state index in [1.165, 1.54) is 0 Å². The first-order chi connectivity index (χ1) is 9.29. The molecule has 2 rings (SSSR count). The molecule has 0 atom stereocenters. The highest BCUT2D eigenvalue weighted by atomic mass is 32.2. The second kappa shape index (κ2) is 6.86. The maximum absolute atomic E-state index is 11.3. The third kappa shape index (κ3) is 4.04. The standard InChI is InChI=1S/C13H14N4OS/c14-17-12(18)7-10-3-1-2-4-11(10)9-19-13-8-15-5-6-16-13/h1-6,8H,7,9,14H2,(H,17,18). The van der Waals surface area contributed by atoms with Crippen LogP contribution in [0.4, 0.5) is 0 Å². The summed E-state index contributed by atoms with van der Waals surface area (Å²) in [7, 11) is 0. The Bertz CT molecular complexity index is 547. The lowest BCUT2D eigenvalue weighted by atomic mass is 10.1. The minimum absolute atomic E-state index is 0.197. The molecule has 0 spiro atoms. The molecule has 1 aromatic carbocycles. The fourth-order valence-corrected chi connectivity index (χ4v) is 2.46. The van der Waals surface area contributed by atoms with E-state index < -0.39 is 0 Å². The van der Waals surface area contributed by atoms with Gasteiger partial charge in [0.2, 0.25) is 5.91 Å². The van der Waals surface area contributed by atoms with Gasteiger partial charge in [-0.05, 0) is 11.1 Å². The van der Waals surface area contributed by atoms with E-state index in [4.69, 9.17) is 5.84 Å². The number of nitrogens with zero attached hydrogens (tertiary/aromatic N) is 2. The first-order valence-corrected chi connectivity index (χ1v) is 6.73. The highest BCUT2D eigenvalue weighted by Crippen LogP contribution is 2.22. The topological polar surface area (TPSA) is 80.9 Å².